The van der Waals surface area contributed by atoms with Crippen molar-refractivity contribution in [3.8, 4) is 12.3 Å². The Morgan fingerprint density at radius 2 is 2.29 bits per heavy atom. The Morgan fingerprint density at radius 1 is 1.50 bits per heavy atom. The van der Waals surface area contributed by atoms with Gasteiger partial charge in [-0.15, -0.1) is 12.3 Å². The molecular weight excluding hydrogens is 178 g/mol. The summed E-state index contributed by atoms with van der Waals surface area (Å²) in [5, 5.41) is 12.5. The summed E-state index contributed by atoms with van der Waals surface area (Å²) in [6, 6.07) is 0. The lowest BCUT2D eigenvalue weighted by atomic mass is 10.2. The van der Waals surface area contributed by atoms with Crippen LogP contribution >= 0.6 is 0 Å². The van der Waals surface area contributed by atoms with Gasteiger partial charge in [-0.05, 0) is 26.3 Å². The molecule has 0 aliphatic heterocycles. The predicted molar refractivity (Wildman–Crippen MR) is 58.1 cm³/mol. The van der Waals surface area contributed by atoms with Gasteiger partial charge < -0.3 is 15.2 Å². The van der Waals surface area contributed by atoms with Gasteiger partial charge in [-0.25, -0.2) is 0 Å². The van der Waals surface area contributed by atoms with Crippen LogP contribution in [0.4, 0.5) is 0 Å². The highest BCUT2D eigenvalue weighted by Gasteiger charge is 2.01. The lowest BCUT2D eigenvalue weighted by molar-refractivity contribution is 0.0429. The fraction of sp³-hybridized carbons (Fsp3) is 0.818. The molecule has 0 aliphatic carbocycles. The molecule has 2 N–H and O–H groups in total. The van der Waals surface area contributed by atoms with Crippen LogP contribution in [-0.2, 0) is 4.74 Å². The maximum absolute atomic E-state index is 9.36. The minimum Gasteiger partial charge on any atom is -0.389 e. The summed E-state index contributed by atoms with van der Waals surface area (Å²) in [7, 11) is 0. The zero-order chi connectivity index (χ0) is 10.6. The highest BCUT2D eigenvalue weighted by atomic mass is 16.5. The first kappa shape index (κ1) is 13.4. The number of terminal acetylenes is 1. The summed E-state index contributed by atoms with van der Waals surface area (Å²) in [4.78, 5) is 0. The second-order valence-electron chi connectivity index (χ2n) is 3.18. The van der Waals surface area contributed by atoms with Crippen molar-refractivity contribution in [2.24, 2.45) is 0 Å². The van der Waals surface area contributed by atoms with E-state index in [2.05, 4.69) is 11.2 Å². The standard InChI is InChI=1S/C11H21NO2/c1-3-5-6-7-8-12-9-11(13)10-14-4-2/h1,11-13H,4-10H2,2H3. The molecule has 0 saturated carbocycles. The highest BCUT2D eigenvalue weighted by molar-refractivity contribution is 4.82. The van der Waals surface area contributed by atoms with Gasteiger partial charge >= 0.3 is 0 Å². The SMILES string of the molecule is C#CCCCCNCC(O)COCC. The third-order valence-corrected chi connectivity index (χ3v) is 1.82. The number of nitrogens with one attached hydrogen (secondary N) is 1. The second kappa shape index (κ2) is 10.5. The zero-order valence-electron chi connectivity index (χ0n) is 8.96. The van der Waals surface area contributed by atoms with E-state index in [1.807, 2.05) is 6.92 Å². The molecule has 0 amide bonds. The molecule has 14 heavy (non-hydrogen) atoms. The maximum atomic E-state index is 9.36. The number of hydrogen-bond acceptors (Lipinski definition) is 3. The van der Waals surface area contributed by atoms with E-state index in [1.54, 1.807) is 0 Å². The maximum Gasteiger partial charge on any atom is 0.0897 e. The average Bonchev–Trinajstić information content (AvgIpc) is 2.20. The monoisotopic (exact) mass is 199 g/mol. The van der Waals surface area contributed by atoms with Gasteiger partial charge in [-0.2, -0.15) is 0 Å². The van der Waals surface area contributed by atoms with E-state index >= 15 is 0 Å². The Hall–Kier alpha value is -0.560. The van der Waals surface area contributed by atoms with Gasteiger partial charge in [-0.1, -0.05) is 0 Å². The van der Waals surface area contributed by atoms with Crippen LogP contribution in [0.5, 0.6) is 0 Å². The third-order valence-electron chi connectivity index (χ3n) is 1.82. The van der Waals surface area contributed by atoms with E-state index in [-0.39, 0.29) is 0 Å². The van der Waals surface area contributed by atoms with Crippen molar-refractivity contribution in [1.82, 2.24) is 5.32 Å². The molecule has 0 heterocycles. The number of aliphatic hydroxyl groups is 1. The van der Waals surface area contributed by atoms with Crippen molar-refractivity contribution in [1.29, 1.82) is 0 Å². The number of hydrogen-bond donors (Lipinski definition) is 2. The minimum atomic E-state index is -0.400. The molecule has 0 aromatic carbocycles. The largest absolute Gasteiger partial charge is 0.389 e. The molecule has 0 bridgehead atoms. The lowest BCUT2D eigenvalue weighted by Gasteiger charge is -2.11. The van der Waals surface area contributed by atoms with Crippen LogP contribution in [-0.4, -0.2) is 37.5 Å². The Balaban J connectivity index is 3.07. The van der Waals surface area contributed by atoms with Crippen molar-refractivity contribution >= 4 is 0 Å². The van der Waals surface area contributed by atoms with E-state index in [4.69, 9.17) is 11.2 Å². The Labute approximate surface area is 86.8 Å². The molecule has 0 radical (unpaired) electrons. The van der Waals surface area contributed by atoms with Crippen molar-refractivity contribution in [2.45, 2.75) is 32.3 Å². The molecule has 3 nitrogen and oxygen atoms in total. The fourth-order valence-electron chi connectivity index (χ4n) is 1.06. The molecule has 1 unspecified atom stereocenters. The predicted octanol–water partition coefficient (Wildman–Crippen LogP) is 0.777. The summed E-state index contributed by atoms with van der Waals surface area (Å²) in [6.07, 6.45) is 7.66. The Morgan fingerprint density at radius 3 is 2.93 bits per heavy atom. The molecule has 82 valence electrons. The van der Waals surface area contributed by atoms with E-state index in [0.29, 0.717) is 19.8 Å². The molecule has 0 aromatic heterocycles. The van der Waals surface area contributed by atoms with E-state index in [0.717, 1.165) is 25.8 Å². The quantitative estimate of drug-likeness (QED) is 0.426. The van der Waals surface area contributed by atoms with Gasteiger partial charge in [0.2, 0.25) is 0 Å². The zero-order valence-corrected chi connectivity index (χ0v) is 8.96. The molecule has 3 heteroatoms. The van der Waals surface area contributed by atoms with Crippen LogP contribution < -0.4 is 5.32 Å². The van der Waals surface area contributed by atoms with E-state index in [9.17, 15) is 5.11 Å². The molecule has 0 aromatic rings. The van der Waals surface area contributed by atoms with Gasteiger partial charge in [0.15, 0.2) is 0 Å². The van der Waals surface area contributed by atoms with Crippen LogP contribution in [0.2, 0.25) is 0 Å². The number of rotatable bonds is 9. The highest BCUT2D eigenvalue weighted by Crippen LogP contribution is 1.91. The first-order valence-corrected chi connectivity index (χ1v) is 5.21. The molecule has 0 aliphatic rings. The number of ether oxygens (including phenoxy) is 1. The number of aliphatic hydroxyl groups excluding tert-OH is 1. The Kier molecular flexibility index (Phi) is 10.1. The van der Waals surface area contributed by atoms with E-state index < -0.39 is 6.10 Å². The molecule has 0 saturated heterocycles. The van der Waals surface area contributed by atoms with E-state index in [1.165, 1.54) is 0 Å². The Bertz CT molecular complexity index is 154. The molecule has 0 rings (SSSR count). The van der Waals surface area contributed by atoms with Crippen LogP contribution in [0.1, 0.15) is 26.2 Å². The van der Waals surface area contributed by atoms with Crippen molar-refractivity contribution in [3.63, 3.8) is 0 Å². The fourth-order valence-corrected chi connectivity index (χ4v) is 1.06. The van der Waals surface area contributed by atoms with Crippen molar-refractivity contribution in [3.05, 3.63) is 0 Å². The topological polar surface area (TPSA) is 41.5 Å². The second-order valence-corrected chi connectivity index (χ2v) is 3.18. The molecule has 1 atom stereocenters. The molecule has 0 fully saturated rings. The van der Waals surface area contributed by atoms with Gasteiger partial charge in [-0.3, -0.25) is 0 Å². The van der Waals surface area contributed by atoms with Crippen molar-refractivity contribution in [2.75, 3.05) is 26.3 Å². The summed E-state index contributed by atoms with van der Waals surface area (Å²) in [6.45, 7) is 4.48. The smallest absolute Gasteiger partial charge is 0.0897 e. The first-order valence-electron chi connectivity index (χ1n) is 5.21. The van der Waals surface area contributed by atoms with Gasteiger partial charge in [0.1, 0.15) is 0 Å². The summed E-state index contributed by atoms with van der Waals surface area (Å²) >= 11 is 0. The van der Waals surface area contributed by atoms with Crippen molar-refractivity contribution < 1.29 is 9.84 Å². The number of unbranched alkanes of at least 4 members (excludes halogenated alkanes) is 2. The van der Waals surface area contributed by atoms with Crippen LogP contribution in [0.3, 0.4) is 0 Å². The van der Waals surface area contributed by atoms with Crippen LogP contribution in [0, 0.1) is 12.3 Å². The summed E-state index contributed by atoms with van der Waals surface area (Å²) < 4.78 is 5.07. The van der Waals surface area contributed by atoms with Gasteiger partial charge in [0.25, 0.3) is 0 Å². The van der Waals surface area contributed by atoms with Crippen LogP contribution in [0.25, 0.3) is 0 Å². The van der Waals surface area contributed by atoms with Gasteiger partial charge in [0.05, 0.1) is 12.7 Å². The van der Waals surface area contributed by atoms with Crippen LogP contribution in [0.15, 0.2) is 0 Å². The average molecular weight is 199 g/mol. The summed E-state index contributed by atoms with van der Waals surface area (Å²) in [5.74, 6) is 2.60. The normalized spacial score (nSPS) is 12.4. The summed E-state index contributed by atoms with van der Waals surface area (Å²) in [5.41, 5.74) is 0. The van der Waals surface area contributed by atoms with Gasteiger partial charge in [0, 0.05) is 19.6 Å². The molecular formula is C11H21NO2. The third kappa shape index (κ3) is 9.53. The molecule has 0 spiro atoms. The first-order chi connectivity index (χ1) is 6.81. The minimum absolute atomic E-state index is 0.400. The lowest BCUT2D eigenvalue weighted by Crippen LogP contribution is -2.31.